The second-order valence-corrected chi connectivity index (χ2v) is 4.64. The Morgan fingerprint density at radius 3 is 2.75 bits per heavy atom. The second kappa shape index (κ2) is 5.32. The van der Waals surface area contributed by atoms with E-state index >= 15 is 0 Å². The number of phenols is 1. The summed E-state index contributed by atoms with van der Waals surface area (Å²) in [4.78, 5) is 11.0. The average molecular weight is 287 g/mol. The smallest absolute Gasteiger partial charge is 0.221 e. The predicted octanol–water partition coefficient (Wildman–Crippen LogP) is 2.00. The fraction of sp³-hybridized carbons (Fsp3) is 0.364. The molecule has 1 atom stereocenters. The van der Waals surface area contributed by atoms with Crippen molar-refractivity contribution in [1.82, 2.24) is 0 Å². The summed E-state index contributed by atoms with van der Waals surface area (Å²) in [6.07, 6.45) is 0.574. The van der Waals surface area contributed by atoms with E-state index in [1.807, 2.05) is 6.92 Å². The predicted molar refractivity (Wildman–Crippen MR) is 67.5 cm³/mol. The maximum atomic E-state index is 11.0. The summed E-state index contributed by atoms with van der Waals surface area (Å²) in [7, 11) is 0. The fourth-order valence-electron chi connectivity index (χ4n) is 1.45. The summed E-state index contributed by atoms with van der Waals surface area (Å²) in [5.41, 5.74) is 6.97. The van der Waals surface area contributed by atoms with Gasteiger partial charge < -0.3 is 16.2 Å². The lowest BCUT2D eigenvalue weighted by atomic mass is 10.0. The molecule has 0 fully saturated rings. The zero-order valence-corrected chi connectivity index (χ0v) is 10.8. The van der Waals surface area contributed by atoms with Crippen LogP contribution < -0.4 is 11.1 Å². The number of benzene rings is 1. The molecule has 0 aliphatic heterocycles. The van der Waals surface area contributed by atoms with E-state index in [4.69, 9.17) is 5.73 Å². The summed E-state index contributed by atoms with van der Waals surface area (Å²) in [6, 6.07) is 3.21. The molecule has 1 aromatic rings. The molecule has 1 amide bonds. The van der Waals surface area contributed by atoms with Crippen LogP contribution in [0.1, 0.15) is 19.4 Å². The first-order valence-electron chi connectivity index (χ1n) is 4.95. The lowest BCUT2D eigenvalue weighted by Crippen LogP contribution is -2.20. The molecule has 0 aliphatic carbocycles. The van der Waals surface area contributed by atoms with Crippen molar-refractivity contribution in [3.05, 3.63) is 22.2 Å². The molecule has 0 aromatic heterocycles. The van der Waals surface area contributed by atoms with Crippen LogP contribution >= 0.6 is 15.9 Å². The van der Waals surface area contributed by atoms with E-state index in [2.05, 4.69) is 21.2 Å². The van der Waals surface area contributed by atoms with Gasteiger partial charge in [0.25, 0.3) is 0 Å². The molecule has 0 saturated heterocycles. The normalized spacial score (nSPS) is 12.2. The van der Waals surface area contributed by atoms with E-state index < -0.39 is 0 Å². The zero-order valence-electron chi connectivity index (χ0n) is 9.25. The molecule has 88 valence electrons. The number of carbonyl (C=O) groups is 1. The molecule has 1 aromatic carbocycles. The van der Waals surface area contributed by atoms with Gasteiger partial charge in [-0.05, 0) is 31.0 Å². The number of amides is 1. The largest absolute Gasteiger partial charge is 0.506 e. The Balaban J connectivity index is 3.19. The van der Waals surface area contributed by atoms with Crippen molar-refractivity contribution >= 4 is 27.5 Å². The molecule has 4 N–H and O–H groups in total. The monoisotopic (exact) mass is 286 g/mol. The second-order valence-electron chi connectivity index (χ2n) is 3.78. The lowest BCUT2D eigenvalue weighted by molar-refractivity contribution is -0.114. The minimum atomic E-state index is -0.223. The van der Waals surface area contributed by atoms with Crippen molar-refractivity contribution in [2.45, 2.75) is 26.3 Å². The van der Waals surface area contributed by atoms with Gasteiger partial charge in [0.15, 0.2) is 0 Å². The van der Waals surface area contributed by atoms with Gasteiger partial charge in [0.05, 0.1) is 5.69 Å². The molecule has 0 heterocycles. The molecule has 0 saturated carbocycles. The van der Waals surface area contributed by atoms with E-state index in [1.165, 1.54) is 13.0 Å². The van der Waals surface area contributed by atoms with Crippen LogP contribution in [-0.2, 0) is 11.2 Å². The number of nitrogens with one attached hydrogen (secondary N) is 1. The third kappa shape index (κ3) is 3.21. The number of carbonyl (C=O) groups excluding carboxylic acids is 1. The van der Waals surface area contributed by atoms with Gasteiger partial charge in [0.2, 0.25) is 5.91 Å². The third-order valence-corrected chi connectivity index (χ3v) is 2.80. The Kier molecular flexibility index (Phi) is 4.32. The lowest BCUT2D eigenvalue weighted by Gasteiger charge is -2.15. The van der Waals surface area contributed by atoms with Crippen molar-refractivity contribution in [2.75, 3.05) is 5.32 Å². The van der Waals surface area contributed by atoms with Gasteiger partial charge in [-0.25, -0.2) is 0 Å². The Labute approximate surface area is 103 Å². The van der Waals surface area contributed by atoms with E-state index in [1.54, 1.807) is 6.07 Å². The highest BCUT2D eigenvalue weighted by atomic mass is 79.9. The topological polar surface area (TPSA) is 75.3 Å². The number of nitrogens with two attached hydrogens (primary N) is 1. The molecular formula is C11H15BrN2O2. The van der Waals surface area contributed by atoms with Gasteiger partial charge in [-0.3, -0.25) is 4.79 Å². The minimum Gasteiger partial charge on any atom is -0.506 e. The summed E-state index contributed by atoms with van der Waals surface area (Å²) in [5.74, 6) is -0.173. The first-order valence-corrected chi connectivity index (χ1v) is 5.74. The number of rotatable bonds is 3. The van der Waals surface area contributed by atoms with Crippen molar-refractivity contribution in [2.24, 2.45) is 5.73 Å². The molecule has 0 radical (unpaired) electrons. The molecular weight excluding hydrogens is 272 g/mol. The first kappa shape index (κ1) is 13.0. The maximum absolute atomic E-state index is 11.0. The van der Waals surface area contributed by atoms with Crippen LogP contribution in [0.3, 0.4) is 0 Å². The Morgan fingerprint density at radius 2 is 2.25 bits per heavy atom. The maximum Gasteiger partial charge on any atom is 0.221 e. The summed E-state index contributed by atoms with van der Waals surface area (Å²) < 4.78 is 0.825. The first-order chi connectivity index (χ1) is 7.41. The molecule has 4 nitrogen and oxygen atoms in total. The van der Waals surface area contributed by atoms with Crippen LogP contribution in [0, 0.1) is 0 Å². The highest BCUT2D eigenvalue weighted by Gasteiger charge is 2.14. The van der Waals surface area contributed by atoms with Crippen LogP contribution in [0.25, 0.3) is 0 Å². The minimum absolute atomic E-state index is 0.0500. The number of anilines is 1. The average Bonchev–Trinajstić information content (AvgIpc) is 2.16. The zero-order chi connectivity index (χ0) is 12.3. The molecule has 0 aliphatic rings. The Morgan fingerprint density at radius 1 is 1.62 bits per heavy atom. The van der Waals surface area contributed by atoms with Crippen molar-refractivity contribution in [1.29, 1.82) is 0 Å². The van der Waals surface area contributed by atoms with Gasteiger partial charge >= 0.3 is 0 Å². The molecule has 1 unspecified atom stereocenters. The van der Waals surface area contributed by atoms with Crippen LogP contribution in [-0.4, -0.2) is 17.1 Å². The van der Waals surface area contributed by atoms with Crippen LogP contribution in [0.2, 0.25) is 0 Å². The molecule has 0 spiro atoms. The van der Waals surface area contributed by atoms with E-state index in [9.17, 15) is 9.90 Å². The number of phenolic OH excluding ortho intramolecular Hbond substituents is 1. The number of aromatic hydroxyl groups is 1. The molecule has 16 heavy (non-hydrogen) atoms. The van der Waals surface area contributed by atoms with Gasteiger partial charge in [0, 0.05) is 17.4 Å². The summed E-state index contributed by atoms with van der Waals surface area (Å²) in [5, 5.41) is 12.3. The number of hydrogen-bond donors (Lipinski definition) is 3. The number of hydrogen-bond acceptors (Lipinski definition) is 3. The van der Waals surface area contributed by atoms with E-state index in [0.29, 0.717) is 12.1 Å². The van der Waals surface area contributed by atoms with Gasteiger partial charge in [-0.1, -0.05) is 15.9 Å². The quantitative estimate of drug-likeness (QED) is 0.744. The standard InChI is InChI=1S/C11H15BrN2O2/c1-6(13)5-8-9(12)3-4-10(16)11(8)14-7(2)15/h3-4,6,16H,5,13H2,1-2H3,(H,14,15). The van der Waals surface area contributed by atoms with Crippen molar-refractivity contribution < 1.29 is 9.90 Å². The van der Waals surface area contributed by atoms with Crippen molar-refractivity contribution in [3.8, 4) is 5.75 Å². The van der Waals surface area contributed by atoms with Gasteiger partial charge in [-0.15, -0.1) is 0 Å². The van der Waals surface area contributed by atoms with Gasteiger partial charge in [0.1, 0.15) is 5.75 Å². The molecule has 1 rings (SSSR count). The number of halogens is 1. The van der Waals surface area contributed by atoms with Crippen LogP contribution in [0.5, 0.6) is 5.75 Å². The van der Waals surface area contributed by atoms with E-state index in [0.717, 1.165) is 10.0 Å². The molecule has 0 bridgehead atoms. The van der Waals surface area contributed by atoms with Gasteiger partial charge in [-0.2, -0.15) is 0 Å². The summed E-state index contributed by atoms with van der Waals surface area (Å²) in [6.45, 7) is 3.27. The SMILES string of the molecule is CC(=O)Nc1c(O)ccc(Br)c1CC(C)N. The summed E-state index contributed by atoms with van der Waals surface area (Å²) >= 11 is 3.38. The van der Waals surface area contributed by atoms with E-state index in [-0.39, 0.29) is 17.7 Å². The van der Waals surface area contributed by atoms with Crippen molar-refractivity contribution in [3.63, 3.8) is 0 Å². The third-order valence-electron chi connectivity index (χ3n) is 2.06. The highest BCUT2D eigenvalue weighted by molar-refractivity contribution is 9.10. The Bertz CT molecular complexity index is 405. The fourth-order valence-corrected chi connectivity index (χ4v) is 1.94. The van der Waals surface area contributed by atoms with Crippen LogP contribution in [0.15, 0.2) is 16.6 Å². The highest BCUT2D eigenvalue weighted by Crippen LogP contribution is 2.33. The van der Waals surface area contributed by atoms with Crippen LogP contribution in [0.4, 0.5) is 5.69 Å². The molecule has 5 heteroatoms. The Hall–Kier alpha value is -1.07.